The molecule has 10 heteroatoms. The maximum Gasteiger partial charge on any atom is 0.254 e. The lowest BCUT2D eigenvalue weighted by molar-refractivity contribution is 0.0946. The van der Waals surface area contributed by atoms with Crippen molar-refractivity contribution in [1.29, 1.82) is 0 Å². The second kappa shape index (κ2) is 10.4. The number of anilines is 1. The van der Waals surface area contributed by atoms with Crippen molar-refractivity contribution in [2.75, 3.05) is 51.2 Å². The van der Waals surface area contributed by atoms with E-state index < -0.39 is 21.7 Å². The van der Waals surface area contributed by atoms with Crippen molar-refractivity contribution in [2.24, 2.45) is 0 Å². The molecule has 0 spiro atoms. The molecular formula is C22H30FN5O3S. The minimum atomic E-state index is -3.80. The van der Waals surface area contributed by atoms with Crippen LogP contribution in [0.1, 0.15) is 29.8 Å². The zero-order valence-electron chi connectivity index (χ0n) is 18.7. The summed E-state index contributed by atoms with van der Waals surface area (Å²) >= 11 is 0. The van der Waals surface area contributed by atoms with Gasteiger partial charge in [0, 0.05) is 57.6 Å². The highest BCUT2D eigenvalue weighted by molar-refractivity contribution is 7.89. The van der Waals surface area contributed by atoms with Gasteiger partial charge in [0.05, 0.1) is 10.5 Å². The van der Waals surface area contributed by atoms with Crippen molar-refractivity contribution in [3.05, 3.63) is 53.5 Å². The van der Waals surface area contributed by atoms with Crippen LogP contribution in [0, 0.1) is 5.82 Å². The number of hydrogen-bond acceptors (Lipinski definition) is 6. The zero-order chi connectivity index (χ0) is 23.3. The number of sulfonamides is 1. The molecule has 1 N–H and O–H groups in total. The fourth-order valence-corrected chi connectivity index (χ4v) is 5.18. The lowest BCUT2D eigenvalue weighted by Crippen LogP contribution is -2.45. The van der Waals surface area contributed by atoms with Crippen molar-refractivity contribution in [1.82, 2.24) is 19.5 Å². The van der Waals surface area contributed by atoms with E-state index in [-0.39, 0.29) is 30.1 Å². The lowest BCUT2D eigenvalue weighted by Gasteiger charge is -2.34. The molecule has 0 unspecified atom stereocenters. The number of nitrogens with one attached hydrogen (secondary N) is 1. The van der Waals surface area contributed by atoms with Crippen LogP contribution < -0.4 is 10.2 Å². The summed E-state index contributed by atoms with van der Waals surface area (Å²) in [4.78, 5) is 21.5. The molecule has 0 radical (unpaired) electrons. The van der Waals surface area contributed by atoms with E-state index in [0.29, 0.717) is 0 Å². The van der Waals surface area contributed by atoms with E-state index in [4.69, 9.17) is 0 Å². The Morgan fingerprint density at radius 2 is 1.84 bits per heavy atom. The van der Waals surface area contributed by atoms with Crippen molar-refractivity contribution in [2.45, 2.75) is 25.3 Å². The Morgan fingerprint density at radius 1 is 1.16 bits per heavy atom. The predicted octanol–water partition coefficient (Wildman–Crippen LogP) is 1.93. The fraction of sp³-hybridized carbons (Fsp3) is 0.455. The Hall–Kier alpha value is -2.56. The normalized spacial score (nSPS) is 15.2. The number of rotatable bonds is 8. The Morgan fingerprint density at radius 3 is 2.50 bits per heavy atom. The summed E-state index contributed by atoms with van der Waals surface area (Å²) in [5.41, 5.74) is 0.515. The van der Waals surface area contributed by atoms with Crippen LogP contribution in [-0.4, -0.2) is 74.8 Å². The minimum absolute atomic E-state index is 0.104. The molecule has 8 nitrogen and oxygen atoms in total. The second-order valence-electron chi connectivity index (χ2n) is 7.69. The first-order valence-electron chi connectivity index (χ1n) is 10.7. The smallest absolute Gasteiger partial charge is 0.254 e. The summed E-state index contributed by atoms with van der Waals surface area (Å²) in [6.45, 7) is 7.67. The first-order chi connectivity index (χ1) is 15.3. The molecule has 1 aromatic carbocycles. The highest BCUT2D eigenvalue weighted by Gasteiger charge is 2.24. The highest BCUT2D eigenvalue weighted by Crippen LogP contribution is 2.21. The van der Waals surface area contributed by atoms with Gasteiger partial charge in [-0.05, 0) is 31.3 Å². The summed E-state index contributed by atoms with van der Waals surface area (Å²) in [5, 5.41) is 2.72. The van der Waals surface area contributed by atoms with Gasteiger partial charge in [0.2, 0.25) is 10.0 Å². The molecule has 1 amide bonds. The summed E-state index contributed by atoms with van der Waals surface area (Å²) in [7, 11) is -1.73. The van der Waals surface area contributed by atoms with Gasteiger partial charge < -0.3 is 15.1 Å². The maximum absolute atomic E-state index is 14.4. The van der Waals surface area contributed by atoms with Crippen molar-refractivity contribution < 1.29 is 17.6 Å². The van der Waals surface area contributed by atoms with Gasteiger partial charge in [-0.15, -0.1) is 0 Å². The number of benzene rings is 1. The molecule has 1 aromatic heterocycles. The molecule has 32 heavy (non-hydrogen) atoms. The van der Waals surface area contributed by atoms with Crippen LogP contribution in [0.25, 0.3) is 0 Å². The van der Waals surface area contributed by atoms with Crippen LogP contribution in [0.2, 0.25) is 0 Å². The van der Waals surface area contributed by atoms with Crippen molar-refractivity contribution >= 4 is 21.7 Å². The van der Waals surface area contributed by atoms with Crippen LogP contribution in [-0.2, 0) is 16.6 Å². The topological polar surface area (TPSA) is 85.8 Å². The summed E-state index contributed by atoms with van der Waals surface area (Å²) < 4.78 is 41.2. The number of nitrogens with zero attached hydrogens (tertiary/aromatic N) is 4. The molecule has 2 heterocycles. The third kappa shape index (κ3) is 5.25. The number of hydrogen-bond donors (Lipinski definition) is 1. The number of amides is 1. The molecular weight excluding hydrogens is 433 g/mol. The number of likely N-dealkylation sites (N-methyl/N-ethyl adjacent to an activating group) is 1. The van der Waals surface area contributed by atoms with E-state index in [1.165, 1.54) is 10.4 Å². The first kappa shape index (κ1) is 24.1. The quantitative estimate of drug-likeness (QED) is 0.644. The standard InChI is InChI=1S/C22H30FN5O3S/c1-4-28(5-2)32(30,31)18-8-9-20(23)19(15-18)22(29)25-16-17-7-6-10-24-21(17)27-13-11-26(3)12-14-27/h6-10,15H,4-5,11-14,16H2,1-3H3,(H,25,29). The van der Waals surface area contributed by atoms with Gasteiger partial charge >= 0.3 is 0 Å². The van der Waals surface area contributed by atoms with Gasteiger partial charge in [-0.3, -0.25) is 4.79 Å². The first-order valence-corrected chi connectivity index (χ1v) is 12.2. The Labute approximate surface area is 189 Å². The number of halogens is 1. The molecule has 0 saturated carbocycles. The Kier molecular flexibility index (Phi) is 7.81. The number of piperazine rings is 1. The van der Waals surface area contributed by atoms with Gasteiger partial charge in [-0.1, -0.05) is 19.9 Å². The average Bonchev–Trinajstić information content (AvgIpc) is 2.79. The molecule has 0 bridgehead atoms. The van der Waals surface area contributed by atoms with Crippen molar-refractivity contribution in [3.8, 4) is 0 Å². The van der Waals surface area contributed by atoms with E-state index in [1.807, 2.05) is 6.07 Å². The van der Waals surface area contributed by atoms with Crippen molar-refractivity contribution in [3.63, 3.8) is 0 Å². The molecule has 1 fully saturated rings. The molecule has 1 saturated heterocycles. The van der Waals surface area contributed by atoms with Gasteiger partial charge in [0.1, 0.15) is 11.6 Å². The van der Waals surface area contributed by atoms with Crippen LogP contribution in [0.15, 0.2) is 41.4 Å². The van der Waals surface area contributed by atoms with E-state index in [1.54, 1.807) is 26.1 Å². The number of pyridine rings is 1. The van der Waals surface area contributed by atoms with Gasteiger partial charge in [-0.25, -0.2) is 17.8 Å². The predicted molar refractivity (Wildman–Crippen MR) is 122 cm³/mol. The van der Waals surface area contributed by atoms with E-state index in [0.717, 1.165) is 49.7 Å². The molecule has 0 aliphatic carbocycles. The second-order valence-corrected chi connectivity index (χ2v) is 9.63. The van der Waals surface area contributed by atoms with Gasteiger partial charge in [0.25, 0.3) is 5.91 Å². The number of aromatic nitrogens is 1. The summed E-state index contributed by atoms with van der Waals surface area (Å²) in [5.74, 6) is -0.655. The highest BCUT2D eigenvalue weighted by atomic mass is 32.2. The molecule has 1 aliphatic rings. The monoisotopic (exact) mass is 463 g/mol. The van der Waals surface area contributed by atoms with Crippen LogP contribution >= 0.6 is 0 Å². The molecule has 174 valence electrons. The zero-order valence-corrected chi connectivity index (χ0v) is 19.5. The summed E-state index contributed by atoms with van der Waals surface area (Å²) in [6.07, 6.45) is 1.71. The average molecular weight is 464 g/mol. The van der Waals surface area contributed by atoms with Gasteiger partial charge in [-0.2, -0.15) is 4.31 Å². The number of carbonyl (C=O) groups is 1. The van der Waals surface area contributed by atoms with E-state index in [9.17, 15) is 17.6 Å². The lowest BCUT2D eigenvalue weighted by atomic mass is 10.1. The number of carbonyl (C=O) groups excluding carboxylic acids is 1. The SMILES string of the molecule is CCN(CC)S(=O)(=O)c1ccc(F)c(C(=O)NCc2cccnc2N2CCN(C)CC2)c1. The largest absolute Gasteiger partial charge is 0.354 e. The van der Waals surface area contributed by atoms with E-state index in [2.05, 4.69) is 27.1 Å². The van der Waals surface area contributed by atoms with E-state index >= 15 is 0 Å². The third-order valence-electron chi connectivity index (χ3n) is 5.64. The van der Waals surface area contributed by atoms with Crippen LogP contribution in [0.3, 0.4) is 0 Å². The maximum atomic E-state index is 14.4. The fourth-order valence-electron chi connectivity index (χ4n) is 3.69. The molecule has 3 rings (SSSR count). The Bertz CT molecular complexity index is 1050. The van der Waals surface area contributed by atoms with Crippen LogP contribution in [0.4, 0.5) is 10.2 Å². The van der Waals surface area contributed by atoms with Crippen LogP contribution in [0.5, 0.6) is 0 Å². The Balaban J connectivity index is 1.78. The third-order valence-corrected chi connectivity index (χ3v) is 7.68. The van der Waals surface area contributed by atoms with Gasteiger partial charge in [0.15, 0.2) is 0 Å². The minimum Gasteiger partial charge on any atom is -0.354 e. The molecule has 2 aromatic rings. The molecule has 0 atom stereocenters. The summed E-state index contributed by atoms with van der Waals surface area (Å²) in [6, 6.07) is 6.97. The molecule has 1 aliphatic heterocycles.